The smallest absolute Gasteiger partial charge is 0.302 e. The van der Waals surface area contributed by atoms with Crippen molar-refractivity contribution in [2.24, 2.45) is 10.7 Å². The Morgan fingerprint density at radius 1 is 1.38 bits per heavy atom. The number of amides is 2. The Labute approximate surface area is 154 Å². The van der Waals surface area contributed by atoms with Gasteiger partial charge in [0.05, 0.1) is 16.8 Å². The van der Waals surface area contributed by atoms with Gasteiger partial charge in [-0.2, -0.15) is 0 Å². The zero-order valence-corrected chi connectivity index (χ0v) is 14.9. The van der Waals surface area contributed by atoms with Crippen LogP contribution in [0, 0.1) is 0 Å². The number of nitrogens with zero attached hydrogens (tertiary/aromatic N) is 2. The first-order chi connectivity index (χ1) is 12.3. The first-order valence-corrected chi connectivity index (χ1v) is 8.24. The minimum Gasteiger partial charge on any atom is -0.488 e. The van der Waals surface area contributed by atoms with Crippen molar-refractivity contribution in [1.82, 2.24) is 10.2 Å². The van der Waals surface area contributed by atoms with E-state index in [4.69, 9.17) is 26.8 Å². The Kier molecular flexibility index (Phi) is 4.73. The zero-order valence-electron chi connectivity index (χ0n) is 14.1. The number of guanidine groups is 1. The molecule has 1 saturated heterocycles. The highest BCUT2D eigenvalue weighted by Gasteiger charge is 2.46. The van der Waals surface area contributed by atoms with Crippen LogP contribution in [0.3, 0.4) is 0 Å². The van der Waals surface area contributed by atoms with Crippen LogP contribution in [0.5, 0.6) is 5.75 Å². The molecule has 2 amide bonds. The van der Waals surface area contributed by atoms with Crippen LogP contribution in [0.1, 0.15) is 25.5 Å². The van der Waals surface area contributed by atoms with E-state index in [2.05, 4.69) is 10.3 Å². The summed E-state index contributed by atoms with van der Waals surface area (Å²) in [6.07, 6.45) is 0. The Morgan fingerprint density at radius 3 is 2.77 bits per heavy atom. The third-order valence-electron chi connectivity index (χ3n) is 4.10. The fourth-order valence-electron chi connectivity index (χ4n) is 3.01. The van der Waals surface area contributed by atoms with Gasteiger partial charge in [0, 0.05) is 12.5 Å². The number of halogens is 1. The van der Waals surface area contributed by atoms with Crippen molar-refractivity contribution in [3.8, 4) is 5.75 Å². The summed E-state index contributed by atoms with van der Waals surface area (Å²) in [7, 11) is 0. The van der Waals surface area contributed by atoms with E-state index in [1.807, 2.05) is 0 Å². The van der Waals surface area contributed by atoms with Gasteiger partial charge in [0.15, 0.2) is 6.04 Å². The number of nitrogens with one attached hydrogen (secondary N) is 1. The molecule has 2 aliphatic heterocycles. The highest BCUT2D eigenvalue weighted by Crippen LogP contribution is 2.44. The van der Waals surface area contributed by atoms with Crippen molar-refractivity contribution in [2.75, 3.05) is 13.2 Å². The van der Waals surface area contributed by atoms with Crippen LogP contribution in [0.2, 0.25) is 5.02 Å². The predicted molar refractivity (Wildman–Crippen MR) is 92.1 cm³/mol. The molecule has 9 nitrogen and oxygen atoms in total. The molecule has 2 unspecified atom stereocenters. The fourth-order valence-corrected chi connectivity index (χ4v) is 3.38. The molecule has 0 spiro atoms. The summed E-state index contributed by atoms with van der Waals surface area (Å²) < 4.78 is 10.4. The summed E-state index contributed by atoms with van der Waals surface area (Å²) in [5, 5.41) is 2.87. The van der Waals surface area contributed by atoms with Gasteiger partial charge in [-0.3, -0.25) is 19.7 Å². The van der Waals surface area contributed by atoms with Gasteiger partial charge in [-0.15, -0.1) is 0 Å². The summed E-state index contributed by atoms with van der Waals surface area (Å²) in [5.74, 6) is -1.04. The number of benzene rings is 1. The van der Waals surface area contributed by atoms with E-state index in [0.29, 0.717) is 22.0 Å². The highest BCUT2D eigenvalue weighted by atomic mass is 35.5. The maximum atomic E-state index is 12.0. The van der Waals surface area contributed by atoms with Gasteiger partial charge in [0.2, 0.25) is 11.9 Å². The largest absolute Gasteiger partial charge is 0.488 e. The molecule has 1 aromatic carbocycles. The number of aliphatic imine (C=N–C) groups is 1. The number of nitrogens with two attached hydrogens (primary N) is 1. The van der Waals surface area contributed by atoms with Crippen LogP contribution in [-0.2, 0) is 19.1 Å². The van der Waals surface area contributed by atoms with E-state index in [-0.39, 0.29) is 19.2 Å². The molecule has 26 heavy (non-hydrogen) atoms. The summed E-state index contributed by atoms with van der Waals surface area (Å²) in [6, 6.07) is 1.76. The number of hydrogen-bond acceptors (Lipinski definition) is 7. The van der Waals surface area contributed by atoms with Gasteiger partial charge in [0.1, 0.15) is 19.0 Å². The Hall–Kier alpha value is -2.81. The van der Waals surface area contributed by atoms with E-state index in [1.165, 1.54) is 11.8 Å². The highest BCUT2D eigenvalue weighted by molar-refractivity contribution is 6.33. The van der Waals surface area contributed by atoms with Crippen LogP contribution >= 0.6 is 11.6 Å². The number of hydrogen-bond donors (Lipinski definition) is 2. The molecule has 10 heteroatoms. The molecular weight excluding hydrogens is 364 g/mol. The molecule has 0 radical (unpaired) electrons. The first-order valence-electron chi connectivity index (χ1n) is 7.87. The topological polar surface area (TPSA) is 123 Å². The minimum absolute atomic E-state index is 0.0922. The first kappa shape index (κ1) is 18.0. The van der Waals surface area contributed by atoms with Crippen LogP contribution in [0.15, 0.2) is 17.1 Å². The third kappa shape index (κ3) is 3.05. The van der Waals surface area contributed by atoms with Crippen LogP contribution in [0.25, 0.3) is 0 Å². The summed E-state index contributed by atoms with van der Waals surface area (Å²) in [5.41, 5.74) is 6.53. The lowest BCUT2D eigenvalue weighted by atomic mass is 10.0. The number of carbonyl (C=O) groups excluding carboxylic acids is 3. The molecule has 1 fully saturated rings. The second kappa shape index (κ2) is 6.83. The molecule has 0 aromatic heterocycles. The third-order valence-corrected chi connectivity index (χ3v) is 4.49. The standard InChI is InChI=1S/C16H17ClN4O5/c1-7-11-9(19-16-20-15(24)13(14(18)23)21(7)16)3-4-10(12(11)17)26-6-5-25-8(2)22/h3-4,7,13H,5-6H2,1-2H3,(H2,18,23)(H,19,20,24). The summed E-state index contributed by atoms with van der Waals surface area (Å²) in [4.78, 5) is 40.3. The SMILES string of the molecule is CC(=O)OCCOc1ccc2c(c1Cl)C(C)N1C(=N2)NC(=O)C1C(N)=O. The molecule has 3 rings (SSSR count). The van der Waals surface area contributed by atoms with E-state index in [1.54, 1.807) is 19.1 Å². The van der Waals surface area contributed by atoms with Gasteiger partial charge in [0.25, 0.3) is 5.91 Å². The molecule has 0 aliphatic carbocycles. The normalized spacial score (nSPS) is 20.7. The van der Waals surface area contributed by atoms with Gasteiger partial charge in [-0.25, -0.2) is 4.99 Å². The number of carbonyl (C=O) groups is 3. The quantitative estimate of drug-likeness (QED) is 0.438. The molecule has 138 valence electrons. The lowest BCUT2D eigenvalue weighted by Crippen LogP contribution is -2.47. The second-order valence-electron chi connectivity index (χ2n) is 5.81. The monoisotopic (exact) mass is 380 g/mol. The Balaban J connectivity index is 1.88. The maximum Gasteiger partial charge on any atom is 0.302 e. The molecule has 3 N–H and O–H groups in total. The van der Waals surface area contributed by atoms with E-state index >= 15 is 0 Å². The Morgan fingerprint density at radius 2 is 2.12 bits per heavy atom. The van der Waals surface area contributed by atoms with Crippen molar-refractivity contribution < 1.29 is 23.9 Å². The van der Waals surface area contributed by atoms with Crippen molar-refractivity contribution in [1.29, 1.82) is 0 Å². The van der Waals surface area contributed by atoms with E-state index in [0.717, 1.165) is 0 Å². The number of rotatable bonds is 5. The maximum absolute atomic E-state index is 12.0. The molecule has 1 aromatic rings. The van der Waals surface area contributed by atoms with Crippen molar-refractivity contribution in [3.63, 3.8) is 0 Å². The van der Waals surface area contributed by atoms with Gasteiger partial charge in [-0.1, -0.05) is 11.6 Å². The molecule has 0 saturated carbocycles. The average molecular weight is 381 g/mol. The van der Waals surface area contributed by atoms with Gasteiger partial charge < -0.3 is 20.1 Å². The Bertz CT molecular complexity index is 825. The fraction of sp³-hybridized carbons (Fsp3) is 0.375. The number of esters is 1. The molecule has 2 aliphatic rings. The van der Waals surface area contributed by atoms with Crippen LogP contribution in [-0.4, -0.2) is 47.9 Å². The predicted octanol–water partition coefficient (Wildman–Crippen LogP) is 0.630. The summed E-state index contributed by atoms with van der Waals surface area (Å²) >= 11 is 6.47. The zero-order chi connectivity index (χ0) is 19.0. The number of fused-ring (bicyclic) bond motifs is 2. The van der Waals surface area contributed by atoms with Crippen molar-refractivity contribution in [3.05, 3.63) is 22.7 Å². The molecule has 0 bridgehead atoms. The van der Waals surface area contributed by atoms with E-state index in [9.17, 15) is 14.4 Å². The molecular formula is C16H17ClN4O5. The van der Waals surface area contributed by atoms with Crippen molar-refractivity contribution >= 4 is 41.0 Å². The van der Waals surface area contributed by atoms with Crippen molar-refractivity contribution in [2.45, 2.75) is 25.9 Å². The van der Waals surface area contributed by atoms with Gasteiger partial charge in [-0.05, 0) is 19.1 Å². The lowest BCUT2D eigenvalue weighted by molar-refractivity contribution is -0.141. The van der Waals surface area contributed by atoms with Crippen LogP contribution in [0.4, 0.5) is 5.69 Å². The summed E-state index contributed by atoms with van der Waals surface area (Å²) in [6.45, 7) is 3.32. The number of ether oxygens (including phenoxy) is 2. The molecule has 2 heterocycles. The molecule has 2 atom stereocenters. The average Bonchev–Trinajstić information content (AvgIpc) is 2.89. The number of primary amides is 1. The minimum atomic E-state index is -1.15. The van der Waals surface area contributed by atoms with E-state index < -0.39 is 29.9 Å². The lowest BCUT2D eigenvalue weighted by Gasteiger charge is -2.33. The van der Waals surface area contributed by atoms with Crippen LogP contribution < -0.4 is 15.8 Å². The van der Waals surface area contributed by atoms with Gasteiger partial charge >= 0.3 is 5.97 Å². The second-order valence-corrected chi connectivity index (χ2v) is 6.19.